The molecule has 2 heterocycles. The van der Waals surface area contributed by atoms with Crippen molar-refractivity contribution >= 4 is 11.6 Å². The fourth-order valence-electron chi connectivity index (χ4n) is 2.55. The number of fused-ring (bicyclic) bond motifs is 1. The van der Waals surface area contributed by atoms with Crippen LogP contribution in [0.15, 0.2) is 42.6 Å². The fourth-order valence-corrected chi connectivity index (χ4v) is 2.55. The predicted octanol–water partition coefficient (Wildman–Crippen LogP) is 2.95. The van der Waals surface area contributed by atoms with Gasteiger partial charge in [-0.15, -0.1) is 0 Å². The van der Waals surface area contributed by atoms with E-state index >= 15 is 0 Å². The number of methoxy groups -OCH3 is 1. The average Bonchev–Trinajstić information content (AvgIpc) is 2.87. The van der Waals surface area contributed by atoms with Crippen molar-refractivity contribution in [3.63, 3.8) is 0 Å². The Morgan fingerprint density at radius 1 is 1.27 bits per heavy atom. The molecule has 3 aromatic rings. The number of ether oxygens (including phenoxy) is 1. The van der Waals surface area contributed by atoms with Gasteiger partial charge in [-0.05, 0) is 42.8 Å². The maximum absolute atomic E-state index is 11.2. The summed E-state index contributed by atoms with van der Waals surface area (Å²) < 4.78 is 7.01. The Bertz CT molecular complexity index is 835. The van der Waals surface area contributed by atoms with Gasteiger partial charge in [0.25, 0.3) is 0 Å². The summed E-state index contributed by atoms with van der Waals surface area (Å²) in [6.07, 6.45) is 1.77. The van der Waals surface area contributed by atoms with Crippen molar-refractivity contribution in [2.24, 2.45) is 0 Å². The van der Waals surface area contributed by atoms with Gasteiger partial charge in [-0.2, -0.15) is 0 Å². The molecule has 0 unspecified atom stereocenters. The van der Waals surface area contributed by atoms with E-state index in [-0.39, 0.29) is 6.42 Å². The number of benzene rings is 1. The van der Waals surface area contributed by atoms with Crippen LogP contribution in [-0.4, -0.2) is 27.6 Å². The summed E-state index contributed by atoms with van der Waals surface area (Å²) in [5.74, 6) is -0.124. The summed E-state index contributed by atoms with van der Waals surface area (Å²) >= 11 is 0. The fraction of sp³-hybridized carbons (Fsp3) is 0.176. The van der Waals surface area contributed by atoms with Crippen LogP contribution in [0.2, 0.25) is 0 Å². The van der Waals surface area contributed by atoms with E-state index in [9.17, 15) is 9.90 Å². The lowest BCUT2D eigenvalue weighted by Gasteiger charge is -2.04. The van der Waals surface area contributed by atoms with E-state index in [0.717, 1.165) is 22.5 Å². The molecule has 0 saturated carbocycles. The molecule has 0 atom stereocenters. The summed E-state index contributed by atoms with van der Waals surface area (Å²) in [5.41, 5.74) is 4.04. The number of hydrogen-bond acceptors (Lipinski definition) is 3. The van der Waals surface area contributed by atoms with Crippen LogP contribution < -0.4 is 4.74 Å². The number of carbonyl (C=O) groups is 1. The van der Waals surface area contributed by atoms with E-state index < -0.39 is 5.97 Å². The third kappa shape index (κ3) is 2.41. The van der Waals surface area contributed by atoms with Gasteiger partial charge in [-0.25, -0.2) is 4.98 Å². The van der Waals surface area contributed by atoms with Gasteiger partial charge in [0.05, 0.1) is 24.9 Å². The van der Waals surface area contributed by atoms with Gasteiger partial charge in [0.2, 0.25) is 0 Å². The van der Waals surface area contributed by atoms with Crippen LogP contribution in [-0.2, 0) is 11.2 Å². The van der Waals surface area contributed by atoms with Gasteiger partial charge >= 0.3 is 5.97 Å². The quantitative estimate of drug-likeness (QED) is 0.804. The minimum Gasteiger partial charge on any atom is -0.497 e. The molecule has 0 aliphatic heterocycles. The van der Waals surface area contributed by atoms with Gasteiger partial charge in [0.15, 0.2) is 0 Å². The van der Waals surface area contributed by atoms with Crippen LogP contribution in [0.1, 0.15) is 11.3 Å². The predicted molar refractivity (Wildman–Crippen MR) is 83.3 cm³/mol. The monoisotopic (exact) mass is 296 g/mol. The van der Waals surface area contributed by atoms with E-state index in [1.165, 1.54) is 0 Å². The lowest BCUT2D eigenvalue weighted by atomic mass is 10.1. The SMILES string of the molecule is COc1ccc(-c2nc3c(C)cccn3c2CC(=O)O)cc1. The number of carboxylic acid groups (broad SMARTS) is 1. The molecule has 0 amide bonds. The summed E-state index contributed by atoms with van der Waals surface area (Å²) in [6, 6.07) is 11.3. The van der Waals surface area contributed by atoms with Crippen LogP contribution in [0.5, 0.6) is 5.75 Å². The second-order valence-electron chi connectivity index (χ2n) is 5.09. The van der Waals surface area contributed by atoms with Crippen LogP contribution in [0.25, 0.3) is 16.9 Å². The Kier molecular flexibility index (Phi) is 3.55. The first-order chi connectivity index (χ1) is 10.6. The highest BCUT2D eigenvalue weighted by Gasteiger charge is 2.17. The van der Waals surface area contributed by atoms with Crippen molar-refractivity contribution in [2.75, 3.05) is 7.11 Å². The lowest BCUT2D eigenvalue weighted by molar-refractivity contribution is -0.136. The summed E-state index contributed by atoms with van der Waals surface area (Å²) in [5, 5.41) is 9.21. The maximum atomic E-state index is 11.2. The molecule has 0 fully saturated rings. The van der Waals surface area contributed by atoms with Crippen LogP contribution in [0.3, 0.4) is 0 Å². The first-order valence-corrected chi connectivity index (χ1v) is 6.93. The van der Waals surface area contributed by atoms with E-state index in [2.05, 4.69) is 4.98 Å². The van der Waals surface area contributed by atoms with Crippen LogP contribution >= 0.6 is 0 Å². The summed E-state index contributed by atoms with van der Waals surface area (Å²) in [7, 11) is 1.61. The Balaban J connectivity index is 2.22. The average molecular weight is 296 g/mol. The first kappa shape index (κ1) is 14.1. The molecule has 5 nitrogen and oxygen atoms in total. The number of aliphatic carboxylic acids is 1. The highest BCUT2D eigenvalue weighted by atomic mass is 16.5. The van der Waals surface area contributed by atoms with Gasteiger partial charge < -0.3 is 14.2 Å². The number of imidazole rings is 1. The summed E-state index contributed by atoms with van der Waals surface area (Å²) in [4.78, 5) is 15.9. The molecule has 3 rings (SSSR count). The molecule has 0 aliphatic rings. The number of rotatable bonds is 4. The Morgan fingerprint density at radius 2 is 2.00 bits per heavy atom. The second-order valence-corrected chi connectivity index (χ2v) is 5.09. The topological polar surface area (TPSA) is 63.8 Å². The highest BCUT2D eigenvalue weighted by molar-refractivity contribution is 5.76. The van der Waals surface area contributed by atoms with E-state index in [1.807, 2.05) is 53.9 Å². The second kappa shape index (κ2) is 5.52. The van der Waals surface area contributed by atoms with Crippen molar-refractivity contribution in [1.29, 1.82) is 0 Å². The lowest BCUT2D eigenvalue weighted by Crippen LogP contribution is -2.04. The van der Waals surface area contributed by atoms with Gasteiger partial charge in [-0.1, -0.05) is 6.07 Å². The van der Waals surface area contributed by atoms with Crippen molar-refractivity contribution in [1.82, 2.24) is 9.38 Å². The number of aromatic nitrogens is 2. The van der Waals surface area contributed by atoms with Crippen molar-refractivity contribution in [2.45, 2.75) is 13.3 Å². The number of pyridine rings is 1. The number of nitrogens with zero attached hydrogens (tertiary/aromatic N) is 2. The molecule has 1 N–H and O–H groups in total. The third-order valence-electron chi connectivity index (χ3n) is 3.63. The molecule has 0 saturated heterocycles. The van der Waals surface area contributed by atoms with Gasteiger partial charge in [-0.3, -0.25) is 4.79 Å². The number of aryl methyl sites for hydroxylation is 1. The minimum absolute atomic E-state index is 0.0774. The first-order valence-electron chi connectivity index (χ1n) is 6.93. The standard InChI is InChI=1S/C17H16N2O3/c1-11-4-3-9-19-14(10-15(20)21)16(18-17(11)19)12-5-7-13(22-2)8-6-12/h3-9H,10H2,1-2H3,(H,20,21). The zero-order valence-electron chi connectivity index (χ0n) is 12.4. The molecule has 0 spiro atoms. The maximum Gasteiger partial charge on any atom is 0.309 e. The zero-order valence-corrected chi connectivity index (χ0v) is 12.4. The van der Waals surface area contributed by atoms with Crippen molar-refractivity contribution in [3.05, 3.63) is 53.9 Å². The molecule has 2 aromatic heterocycles. The molecule has 112 valence electrons. The molecule has 0 aliphatic carbocycles. The van der Waals surface area contributed by atoms with Crippen LogP contribution in [0, 0.1) is 6.92 Å². The molecular formula is C17H16N2O3. The highest BCUT2D eigenvalue weighted by Crippen LogP contribution is 2.27. The van der Waals surface area contributed by atoms with E-state index in [0.29, 0.717) is 11.4 Å². The smallest absolute Gasteiger partial charge is 0.309 e. The van der Waals surface area contributed by atoms with Gasteiger partial charge in [0.1, 0.15) is 11.4 Å². The Labute approximate surface area is 127 Å². The molecular weight excluding hydrogens is 280 g/mol. The summed E-state index contributed by atoms with van der Waals surface area (Å²) in [6.45, 7) is 1.96. The molecule has 0 bridgehead atoms. The normalized spacial score (nSPS) is 10.8. The van der Waals surface area contributed by atoms with Crippen molar-refractivity contribution < 1.29 is 14.6 Å². The van der Waals surface area contributed by atoms with Crippen molar-refractivity contribution in [3.8, 4) is 17.0 Å². The minimum atomic E-state index is -0.877. The van der Waals surface area contributed by atoms with E-state index in [1.54, 1.807) is 7.11 Å². The van der Waals surface area contributed by atoms with Crippen LogP contribution in [0.4, 0.5) is 0 Å². The van der Waals surface area contributed by atoms with Gasteiger partial charge in [0, 0.05) is 11.8 Å². The molecule has 1 aromatic carbocycles. The third-order valence-corrected chi connectivity index (χ3v) is 3.63. The molecule has 5 heteroatoms. The zero-order chi connectivity index (χ0) is 15.7. The largest absolute Gasteiger partial charge is 0.497 e. The number of hydrogen-bond donors (Lipinski definition) is 1. The van der Waals surface area contributed by atoms with E-state index in [4.69, 9.17) is 4.74 Å². The Morgan fingerprint density at radius 3 is 2.64 bits per heavy atom. The molecule has 22 heavy (non-hydrogen) atoms. The molecule has 0 radical (unpaired) electrons. The Hall–Kier alpha value is -2.82. The number of carboxylic acids is 1.